The molecule has 0 aliphatic carbocycles. The van der Waals surface area contributed by atoms with Crippen molar-refractivity contribution in [1.29, 1.82) is 0 Å². The number of hydrogen-bond acceptors (Lipinski definition) is 2. The molecule has 0 bridgehead atoms. The summed E-state index contributed by atoms with van der Waals surface area (Å²) >= 11 is 0. The average Bonchev–Trinajstić information content (AvgIpc) is 2.54. The van der Waals surface area contributed by atoms with Crippen molar-refractivity contribution < 1.29 is 4.79 Å². The summed E-state index contributed by atoms with van der Waals surface area (Å²) in [6.45, 7) is 5.99. The average molecular weight is 272 g/mol. The monoisotopic (exact) mass is 272 g/mol. The van der Waals surface area contributed by atoms with Gasteiger partial charge in [-0.25, -0.2) is 0 Å². The van der Waals surface area contributed by atoms with Crippen molar-refractivity contribution in [3.05, 3.63) is 34.9 Å². The highest BCUT2D eigenvalue weighted by atomic mass is 16.2. The number of piperidine rings is 1. The lowest BCUT2D eigenvalue weighted by Crippen LogP contribution is -2.39. The van der Waals surface area contributed by atoms with Gasteiger partial charge in [-0.2, -0.15) is 0 Å². The molecule has 2 heterocycles. The van der Waals surface area contributed by atoms with E-state index in [1.54, 1.807) is 0 Å². The van der Waals surface area contributed by atoms with Crippen molar-refractivity contribution in [3.8, 4) is 0 Å². The van der Waals surface area contributed by atoms with E-state index >= 15 is 0 Å². The highest BCUT2D eigenvalue weighted by molar-refractivity contribution is 5.96. The quantitative estimate of drug-likeness (QED) is 0.897. The van der Waals surface area contributed by atoms with Crippen molar-refractivity contribution in [2.45, 2.75) is 39.2 Å². The summed E-state index contributed by atoms with van der Waals surface area (Å²) in [6.07, 6.45) is 4.55. The van der Waals surface area contributed by atoms with Crippen LogP contribution in [0.5, 0.6) is 0 Å². The zero-order valence-corrected chi connectivity index (χ0v) is 12.3. The van der Waals surface area contributed by atoms with Crippen molar-refractivity contribution in [2.24, 2.45) is 5.92 Å². The van der Waals surface area contributed by atoms with Gasteiger partial charge in [0.05, 0.1) is 0 Å². The van der Waals surface area contributed by atoms with Crippen LogP contribution in [0.3, 0.4) is 0 Å². The van der Waals surface area contributed by atoms with E-state index in [1.165, 1.54) is 30.4 Å². The molecule has 2 aliphatic rings. The van der Waals surface area contributed by atoms with Crippen molar-refractivity contribution in [2.75, 3.05) is 19.6 Å². The molecule has 0 aromatic heterocycles. The van der Waals surface area contributed by atoms with E-state index in [2.05, 4.69) is 23.2 Å². The largest absolute Gasteiger partial charge is 0.339 e. The van der Waals surface area contributed by atoms with Crippen LogP contribution in [0.4, 0.5) is 0 Å². The van der Waals surface area contributed by atoms with Gasteiger partial charge in [-0.05, 0) is 48.9 Å². The summed E-state index contributed by atoms with van der Waals surface area (Å²) in [7, 11) is 0. The predicted octanol–water partition coefficient (Wildman–Crippen LogP) is 2.59. The predicted molar refractivity (Wildman–Crippen MR) is 80.8 cm³/mol. The van der Waals surface area contributed by atoms with E-state index in [0.717, 1.165) is 44.1 Å². The third kappa shape index (κ3) is 2.59. The Labute approximate surface area is 121 Å². The summed E-state index contributed by atoms with van der Waals surface area (Å²) in [5, 5.41) is 3.38. The fourth-order valence-corrected chi connectivity index (χ4v) is 3.45. The van der Waals surface area contributed by atoms with Gasteiger partial charge in [0.15, 0.2) is 0 Å². The number of fused-ring (bicyclic) bond motifs is 1. The zero-order valence-electron chi connectivity index (χ0n) is 12.3. The number of carbonyl (C=O) groups is 1. The van der Waals surface area contributed by atoms with Gasteiger partial charge >= 0.3 is 0 Å². The van der Waals surface area contributed by atoms with Crippen molar-refractivity contribution >= 4 is 5.91 Å². The van der Waals surface area contributed by atoms with E-state index < -0.39 is 0 Å². The summed E-state index contributed by atoms with van der Waals surface area (Å²) in [5.74, 6) is 1.06. The Morgan fingerprint density at radius 3 is 2.90 bits per heavy atom. The summed E-state index contributed by atoms with van der Waals surface area (Å²) in [4.78, 5) is 14.8. The van der Waals surface area contributed by atoms with Crippen molar-refractivity contribution in [1.82, 2.24) is 10.2 Å². The van der Waals surface area contributed by atoms with Gasteiger partial charge in [0.2, 0.25) is 0 Å². The highest BCUT2D eigenvalue weighted by Gasteiger charge is 2.25. The maximum atomic E-state index is 12.8. The lowest BCUT2D eigenvalue weighted by Gasteiger charge is -2.32. The van der Waals surface area contributed by atoms with Crippen LogP contribution in [0.2, 0.25) is 0 Å². The Kier molecular flexibility index (Phi) is 4.06. The van der Waals surface area contributed by atoms with Crippen LogP contribution in [0.25, 0.3) is 0 Å². The number of hydrogen-bond donors (Lipinski definition) is 1. The Morgan fingerprint density at radius 1 is 1.35 bits per heavy atom. The number of likely N-dealkylation sites (tertiary alicyclic amines) is 1. The van der Waals surface area contributed by atoms with E-state index in [9.17, 15) is 4.79 Å². The Hall–Kier alpha value is -1.35. The minimum Gasteiger partial charge on any atom is -0.339 e. The molecule has 3 nitrogen and oxygen atoms in total. The maximum Gasteiger partial charge on any atom is 0.254 e. The van der Waals surface area contributed by atoms with Crippen LogP contribution in [-0.2, 0) is 13.0 Å². The maximum absolute atomic E-state index is 12.8. The lowest BCUT2D eigenvalue weighted by molar-refractivity contribution is 0.0687. The molecule has 0 spiro atoms. The molecule has 1 aromatic carbocycles. The first-order valence-electron chi connectivity index (χ1n) is 7.90. The fourth-order valence-electron chi connectivity index (χ4n) is 3.45. The van der Waals surface area contributed by atoms with Crippen LogP contribution in [-0.4, -0.2) is 30.4 Å². The van der Waals surface area contributed by atoms with Gasteiger partial charge in [0.25, 0.3) is 5.91 Å². The third-order valence-corrected chi connectivity index (χ3v) is 4.85. The molecule has 0 radical (unpaired) electrons. The number of amides is 1. The van der Waals surface area contributed by atoms with Gasteiger partial charge in [-0.15, -0.1) is 0 Å². The topological polar surface area (TPSA) is 32.3 Å². The van der Waals surface area contributed by atoms with Gasteiger partial charge in [0, 0.05) is 25.2 Å². The standard InChI is InChI=1S/C17H24N2O/c1-2-13-7-10-19(11-8-13)17(20)16-5-3-4-14-12-18-9-6-15(14)16/h3-5,13,18H,2,6-12H2,1H3. The number of nitrogens with one attached hydrogen (secondary N) is 1. The van der Waals surface area contributed by atoms with Gasteiger partial charge < -0.3 is 10.2 Å². The number of carbonyl (C=O) groups excluding carboxylic acids is 1. The van der Waals surface area contributed by atoms with Gasteiger partial charge in [0.1, 0.15) is 0 Å². The minimum absolute atomic E-state index is 0.248. The lowest BCUT2D eigenvalue weighted by atomic mass is 9.92. The molecule has 0 atom stereocenters. The first-order valence-corrected chi connectivity index (χ1v) is 7.90. The van der Waals surface area contributed by atoms with Crippen LogP contribution in [0.1, 0.15) is 47.7 Å². The second-order valence-electron chi connectivity index (χ2n) is 6.01. The zero-order chi connectivity index (χ0) is 13.9. The van der Waals surface area contributed by atoms with E-state index in [1.807, 2.05) is 12.1 Å². The van der Waals surface area contributed by atoms with Crippen LogP contribution >= 0.6 is 0 Å². The molecule has 1 N–H and O–H groups in total. The molecule has 0 saturated carbocycles. The van der Waals surface area contributed by atoms with Crippen LogP contribution in [0, 0.1) is 5.92 Å². The molecule has 1 amide bonds. The first-order chi connectivity index (χ1) is 9.79. The van der Waals surface area contributed by atoms with Crippen LogP contribution < -0.4 is 5.32 Å². The molecule has 3 rings (SSSR count). The van der Waals surface area contributed by atoms with E-state index in [-0.39, 0.29) is 5.91 Å². The van der Waals surface area contributed by atoms with E-state index in [4.69, 9.17) is 0 Å². The summed E-state index contributed by atoms with van der Waals surface area (Å²) in [6, 6.07) is 6.18. The van der Waals surface area contributed by atoms with Gasteiger partial charge in [-0.1, -0.05) is 25.5 Å². The fraction of sp³-hybridized carbons (Fsp3) is 0.588. The smallest absolute Gasteiger partial charge is 0.254 e. The molecule has 1 saturated heterocycles. The first kappa shape index (κ1) is 13.6. The molecule has 1 aromatic rings. The number of benzene rings is 1. The normalized spacial score (nSPS) is 19.8. The minimum atomic E-state index is 0.248. The number of rotatable bonds is 2. The summed E-state index contributed by atoms with van der Waals surface area (Å²) in [5.41, 5.74) is 3.51. The summed E-state index contributed by atoms with van der Waals surface area (Å²) < 4.78 is 0. The third-order valence-electron chi connectivity index (χ3n) is 4.85. The Bertz CT molecular complexity index is 490. The molecule has 0 unspecified atom stereocenters. The van der Waals surface area contributed by atoms with Gasteiger partial charge in [-0.3, -0.25) is 4.79 Å². The molecule has 2 aliphatic heterocycles. The molecule has 1 fully saturated rings. The molecular weight excluding hydrogens is 248 g/mol. The number of nitrogens with zero attached hydrogens (tertiary/aromatic N) is 1. The Balaban J connectivity index is 1.78. The molecule has 3 heteroatoms. The molecule has 108 valence electrons. The van der Waals surface area contributed by atoms with E-state index in [0.29, 0.717) is 0 Å². The second kappa shape index (κ2) is 5.96. The van der Waals surface area contributed by atoms with Crippen LogP contribution in [0.15, 0.2) is 18.2 Å². The second-order valence-corrected chi connectivity index (χ2v) is 6.01. The van der Waals surface area contributed by atoms with Crippen molar-refractivity contribution in [3.63, 3.8) is 0 Å². The molecule has 20 heavy (non-hydrogen) atoms. The molecular formula is C17H24N2O. The highest BCUT2D eigenvalue weighted by Crippen LogP contribution is 2.24. The SMILES string of the molecule is CCC1CCN(C(=O)c2cccc3c2CCNC3)CC1. The Morgan fingerprint density at radius 2 is 2.15 bits per heavy atom.